The van der Waals surface area contributed by atoms with E-state index in [0.29, 0.717) is 12.1 Å². The largest absolute Gasteiger partial charge is 0.301 e. The van der Waals surface area contributed by atoms with Gasteiger partial charge in [0.1, 0.15) is 6.29 Å². The van der Waals surface area contributed by atoms with Crippen LogP contribution in [0.15, 0.2) is 18.2 Å². The molecule has 0 aromatic heterocycles. The van der Waals surface area contributed by atoms with Crippen LogP contribution in [-0.2, 0) is 4.79 Å². The van der Waals surface area contributed by atoms with Crippen LogP contribution in [0.3, 0.4) is 0 Å². The molecule has 70 valence electrons. The first-order chi connectivity index (χ1) is 6.79. The van der Waals surface area contributed by atoms with Crippen LogP contribution < -0.4 is 0 Å². The van der Waals surface area contributed by atoms with Gasteiger partial charge in [0.25, 0.3) is 0 Å². The maximum atomic E-state index is 11.0. The Hall–Kier alpha value is -1.15. The van der Waals surface area contributed by atoms with Gasteiger partial charge in [0.15, 0.2) is 0 Å². The fraction of sp³-hybridized carbons (Fsp3) is 0.417. The number of carbonyl (C=O) groups excluding carboxylic acids is 1. The predicted molar refractivity (Wildman–Crippen MR) is 51.9 cm³/mol. The van der Waals surface area contributed by atoms with Gasteiger partial charge in [-0.3, -0.25) is 4.90 Å². The Balaban J connectivity index is 1.96. The molecule has 2 fully saturated rings. The molecule has 0 spiro atoms. The quantitative estimate of drug-likeness (QED) is 0.490. The average molecular weight is 185 g/mol. The van der Waals surface area contributed by atoms with Crippen LogP contribution in [0.2, 0.25) is 0 Å². The van der Waals surface area contributed by atoms with Gasteiger partial charge in [-0.2, -0.15) is 0 Å². The first-order valence-corrected chi connectivity index (χ1v) is 5.14. The predicted octanol–water partition coefficient (Wildman–Crippen LogP) is 1.75. The average Bonchev–Trinajstić information content (AvgIpc) is 2.57. The highest BCUT2D eigenvalue weighted by atomic mass is 16.1. The number of carbonyl (C=O) groups is 1. The first-order valence-electron chi connectivity index (χ1n) is 5.14. The number of hydrogen-bond donors (Lipinski definition) is 0. The smallest absolute Gasteiger partial charge is 0.142 e. The van der Waals surface area contributed by atoms with Crippen LogP contribution in [0.1, 0.15) is 35.2 Å². The second kappa shape index (κ2) is 1.80. The molecule has 2 heteroatoms. The van der Waals surface area contributed by atoms with Crippen molar-refractivity contribution in [1.29, 1.82) is 0 Å². The summed E-state index contributed by atoms with van der Waals surface area (Å²) in [6.07, 6.45) is 2.21. The van der Waals surface area contributed by atoms with Crippen LogP contribution in [0.25, 0.3) is 0 Å². The van der Waals surface area contributed by atoms with E-state index in [-0.39, 0.29) is 5.54 Å². The van der Waals surface area contributed by atoms with Crippen LogP contribution in [-0.4, -0.2) is 16.7 Å². The molecule has 2 saturated heterocycles. The summed E-state index contributed by atoms with van der Waals surface area (Å²) in [6, 6.07) is 7.45. The van der Waals surface area contributed by atoms with Crippen molar-refractivity contribution >= 4 is 6.29 Å². The maximum absolute atomic E-state index is 11.0. The van der Waals surface area contributed by atoms with E-state index < -0.39 is 0 Å². The van der Waals surface area contributed by atoms with Crippen molar-refractivity contribution in [3.8, 4) is 0 Å². The number of benzene rings is 1. The van der Waals surface area contributed by atoms with Gasteiger partial charge in [-0.25, -0.2) is 0 Å². The van der Waals surface area contributed by atoms with Gasteiger partial charge in [0.2, 0.25) is 0 Å². The molecule has 3 heterocycles. The highest BCUT2D eigenvalue weighted by Gasteiger charge is 2.78. The summed E-state index contributed by atoms with van der Waals surface area (Å²) in [4.78, 5) is 13.4. The summed E-state index contributed by atoms with van der Waals surface area (Å²) in [5.74, 6) is 0. The second-order valence-corrected chi connectivity index (χ2v) is 4.72. The van der Waals surface area contributed by atoms with E-state index in [9.17, 15) is 4.79 Å². The second-order valence-electron chi connectivity index (χ2n) is 4.72. The lowest BCUT2D eigenvalue weighted by atomic mass is 9.78. The number of aldehydes is 1. The Labute approximate surface area is 82.5 Å². The lowest BCUT2D eigenvalue weighted by Crippen LogP contribution is -2.38. The minimum Gasteiger partial charge on any atom is -0.301 e. The third-order valence-corrected chi connectivity index (χ3v) is 4.21. The zero-order chi connectivity index (χ0) is 9.50. The molecule has 3 aliphatic rings. The van der Waals surface area contributed by atoms with Crippen LogP contribution in [0, 0.1) is 6.92 Å². The standard InChI is InChI=1S/C12H11NO/c1-7-3-2-4-8-10(7)9-5-12(6-14)11(8)13(9)12/h2-4,6,9,11H,5H2,1H3/t9-,11-,12?,13?/m1/s1. The molecule has 1 aromatic carbocycles. The first kappa shape index (κ1) is 7.18. The summed E-state index contributed by atoms with van der Waals surface area (Å²) < 4.78 is 0. The van der Waals surface area contributed by atoms with Crippen LogP contribution in [0.5, 0.6) is 0 Å². The molecular formula is C12H11NO. The molecule has 0 radical (unpaired) electrons. The lowest BCUT2D eigenvalue weighted by molar-refractivity contribution is -0.114. The zero-order valence-corrected chi connectivity index (χ0v) is 8.03. The minimum atomic E-state index is -0.0640. The molecule has 0 saturated carbocycles. The van der Waals surface area contributed by atoms with Gasteiger partial charge in [0.05, 0.1) is 11.6 Å². The molecule has 0 aliphatic carbocycles. The van der Waals surface area contributed by atoms with Crippen molar-refractivity contribution < 1.29 is 4.79 Å². The van der Waals surface area contributed by atoms with E-state index in [1.165, 1.54) is 16.7 Å². The van der Waals surface area contributed by atoms with Gasteiger partial charge in [-0.1, -0.05) is 18.2 Å². The zero-order valence-electron chi connectivity index (χ0n) is 8.03. The van der Waals surface area contributed by atoms with E-state index in [0.717, 1.165) is 12.7 Å². The molecule has 0 amide bonds. The number of aryl methyl sites for hydroxylation is 1. The Kier molecular flexibility index (Phi) is 0.923. The Morgan fingerprint density at radius 1 is 1.57 bits per heavy atom. The molecule has 4 rings (SSSR count). The monoisotopic (exact) mass is 185 g/mol. The normalized spacial score (nSPS) is 45.1. The van der Waals surface area contributed by atoms with Crippen LogP contribution >= 0.6 is 0 Å². The molecule has 0 bridgehead atoms. The van der Waals surface area contributed by atoms with E-state index in [1.54, 1.807) is 0 Å². The molecule has 0 N–H and O–H groups in total. The summed E-state index contributed by atoms with van der Waals surface area (Å²) >= 11 is 0. The number of nitrogens with zero attached hydrogens (tertiary/aromatic N) is 1. The Morgan fingerprint density at radius 3 is 3.21 bits per heavy atom. The molecular weight excluding hydrogens is 174 g/mol. The fourth-order valence-corrected chi connectivity index (χ4v) is 3.58. The van der Waals surface area contributed by atoms with Crippen molar-refractivity contribution in [2.45, 2.75) is 31.0 Å². The maximum Gasteiger partial charge on any atom is 0.142 e. The minimum absolute atomic E-state index is 0.0640. The molecule has 2 unspecified atom stereocenters. The summed E-state index contributed by atoms with van der Waals surface area (Å²) in [5, 5.41) is 0. The Morgan fingerprint density at radius 2 is 2.43 bits per heavy atom. The molecule has 4 atom stereocenters. The van der Waals surface area contributed by atoms with Gasteiger partial charge in [-0.05, 0) is 30.0 Å². The van der Waals surface area contributed by atoms with E-state index in [2.05, 4.69) is 30.0 Å². The van der Waals surface area contributed by atoms with Crippen molar-refractivity contribution in [3.05, 3.63) is 34.9 Å². The SMILES string of the molecule is Cc1cccc2c1[C@H]1CC3(C=O)[C@@H]2N13. The topological polar surface area (TPSA) is 20.1 Å². The van der Waals surface area contributed by atoms with Crippen LogP contribution in [0.4, 0.5) is 0 Å². The van der Waals surface area contributed by atoms with Crippen molar-refractivity contribution in [2.75, 3.05) is 0 Å². The molecule has 2 nitrogen and oxygen atoms in total. The number of hydrogen-bond acceptors (Lipinski definition) is 2. The van der Waals surface area contributed by atoms with Gasteiger partial charge < -0.3 is 4.79 Å². The summed E-state index contributed by atoms with van der Waals surface area (Å²) in [7, 11) is 0. The third-order valence-electron chi connectivity index (χ3n) is 4.21. The van der Waals surface area contributed by atoms with E-state index in [4.69, 9.17) is 0 Å². The summed E-state index contributed by atoms with van der Waals surface area (Å²) in [6.45, 7) is 2.17. The fourth-order valence-electron chi connectivity index (χ4n) is 3.58. The van der Waals surface area contributed by atoms with Gasteiger partial charge in [-0.15, -0.1) is 0 Å². The van der Waals surface area contributed by atoms with Gasteiger partial charge >= 0.3 is 0 Å². The highest BCUT2D eigenvalue weighted by Crippen LogP contribution is 2.75. The number of rotatable bonds is 1. The molecule has 14 heavy (non-hydrogen) atoms. The molecule has 3 aliphatic heterocycles. The van der Waals surface area contributed by atoms with Gasteiger partial charge in [0, 0.05) is 6.04 Å². The molecule has 1 aromatic rings. The Bertz CT molecular complexity index is 467. The third kappa shape index (κ3) is 0.480. The lowest BCUT2D eigenvalue weighted by Gasteiger charge is -2.34. The van der Waals surface area contributed by atoms with Crippen molar-refractivity contribution in [2.24, 2.45) is 0 Å². The van der Waals surface area contributed by atoms with Crippen molar-refractivity contribution in [3.63, 3.8) is 0 Å². The number of fused-ring (bicyclic) bond motifs is 4. The highest BCUT2D eigenvalue weighted by molar-refractivity contribution is 5.79. The van der Waals surface area contributed by atoms with E-state index >= 15 is 0 Å². The van der Waals surface area contributed by atoms with E-state index in [1.807, 2.05) is 0 Å². The summed E-state index contributed by atoms with van der Waals surface area (Å²) in [5.41, 5.74) is 4.24. The van der Waals surface area contributed by atoms with Crippen molar-refractivity contribution in [1.82, 2.24) is 4.90 Å².